The Morgan fingerprint density at radius 1 is 1.39 bits per heavy atom. The first-order chi connectivity index (χ1) is 8.70. The second-order valence-electron chi connectivity index (χ2n) is 4.46. The fraction of sp³-hybridized carbons (Fsp3) is 0.429. The van der Waals surface area contributed by atoms with Crippen molar-refractivity contribution in [1.29, 1.82) is 0 Å². The maximum Gasteiger partial charge on any atom is 0.134 e. The Kier molecular flexibility index (Phi) is 4.55. The zero-order valence-electron chi connectivity index (χ0n) is 10.6. The molecular weight excluding hydrogens is 246 g/mol. The summed E-state index contributed by atoms with van der Waals surface area (Å²) in [5.74, 6) is 1.92. The van der Waals surface area contributed by atoms with Crippen LogP contribution >= 0.6 is 0 Å². The summed E-state index contributed by atoms with van der Waals surface area (Å²) in [7, 11) is -0.857. The highest BCUT2D eigenvalue weighted by Gasteiger charge is 2.14. The molecule has 0 radical (unpaired) electrons. The second kappa shape index (κ2) is 6.16. The van der Waals surface area contributed by atoms with Crippen molar-refractivity contribution in [2.45, 2.75) is 25.8 Å². The first-order valence-corrected chi connectivity index (χ1v) is 7.78. The normalized spacial score (nSPS) is 14.8. The van der Waals surface area contributed by atoms with Crippen LogP contribution < -0.4 is 5.73 Å². The van der Waals surface area contributed by atoms with E-state index in [9.17, 15) is 4.21 Å². The number of rotatable bonds is 6. The van der Waals surface area contributed by atoms with Crippen LogP contribution in [0.15, 0.2) is 34.7 Å². The molecule has 2 atom stereocenters. The van der Waals surface area contributed by atoms with E-state index in [4.69, 9.17) is 10.2 Å². The third-order valence-corrected chi connectivity index (χ3v) is 4.38. The van der Waals surface area contributed by atoms with Crippen LogP contribution in [0, 0.1) is 0 Å². The average molecular weight is 265 g/mol. The summed E-state index contributed by atoms with van der Waals surface area (Å²) >= 11 is 0. The van der Waals surface area contributed by atoms with Gasteiger partial charge in [0.05, 0.1) is 6.04 Å². The minimum atomic E-state index is -0.857. The van der Waals surface area contributed by atoms with Crippen LogP contribution in [0.25, 0.3) is 11.0 Å². The SMILES string of the molecule is CCCCS(=O)CC(N)c1cc2ccccc2o1. The monoisotopic (exact) mass is 265 g/mol. The number of fused-ring (bicyclic) bond motifs is 1. The number of hydrogen-bond acceptors (Lipinski definition) is 3. The van der Waals surface area contributed by atoms with E-state index in [1.165, 1.54) is 0 Å². The van der Waals surface area contributed by atoms with Crippen molar-refractivity contribution in [2.75, 3.05) is 11.5 Å². The summed E-state index contributed by atoms with van der Waals surface area (Å²) in [5.41, 5.74) is 6.88. The highest BCUT2D eigenvalue weighted by atomic mass is 32.2. The highest BCUT2D eigenvalue weighted by Crippen LogP contribution is 2.23. The predicted octanol–water partition coefficient (Wildman–Crippen LogP) is 2.98. The van der Waals surface area contributed by atoms with E-state index in [1.54, 1.807) is 0 Å². The number of hydrogen-bond donors (Lipinski definition) is 1. The van der Waals surface area contributed by atoms with Gasteiger partial charge in [-0.2, -0.15) is 0 Å². The molecule has 1 heterocycles. The van der Waals surface area contributed by atoms with E-state index >= 15 is 0 Å². The van der Waals surface area contributed by atoms with Gasteiger partial charge in [-0.05, 0) is 18.6 Å². The van der Waals surface area contributed by atoms with Gasteiger partial charge in [-0.25, -0.2) is 0 Å². The minimum Gasteiger partial charge on any atom is -0.459 e. The Balaban J connectivity index is 2.04. The van der Waals surface area contributed by atoms with E-state index < -0.39 is 10.8 Å². The van der Waals surface area contributed by atoms with Gasteiger partial charge in [0.15, 0.2) is 0 Å². The molecule has 0 spiro atoms. The Labute approximate surface area is 110 Å². The quantitative estimate of drug-likeness (QED) is 0.873. The molecule has 2 aromatic rings. The molecule has 98 valence electrons. The van der Waals surface area contributed by atoms with Crippen molar-refractivity contribution in [3.63, 3.8) is 0 Å². The molecule has 1 aromatic heterocycles. The Bertz CT molecular complexity index is 502. The number of benzene rings is 1. The molecule has 0 fully saturated rings. The van der Waals surface area contributed by atoms with Crippen molar-refractivity contribution in [2.24, 2.45) is 5.73 Å². The first-order valence-electron chi connectivity index (χ1n) is 6.29. The largest absolute Gasteiger partial charge is 0.459 e. The lowest BCUT2D eigenvalue weighted by molar-refractivity contribution is 0.513. The Morgan fingerprint density at radius 3 is 2.89 bits per heavy atom. The van der Waals surface area contributed by atoms with Gasteiger partial charge in [0.2, 0.25) is 0 Å². The maximum atomic E-state index is 11.8. The molecule has 0 aliphatic carbocycles. The van der Waals surface area contributed by atoms with Gasteiger partial charge in [0, 0.05) is 27.7 Å². The zero-order valence-corrected chi connectivity index (χ0v) is 11.4. The lowest BCUT2D eigenvalue weighted by Crippen LogP contribution is -2.19. The molecule has 18 heavy (non-hydrogen) atoms. The van der Waals surface area contributed by atoms with Gasteiger partial charge in [-0.1, -0.05) is 31.5 Å². The summed E-state index contributed by atoms with van der Waals surface area (Å²) in [4.78, 5) is 0. The van der Waals surface area contributed by atoms with E-state index in [1.807, 2.05) is 30.3 Å². The molecule has 0 saturated carbocycles. The highest BCUT2D eigenvalue weighted by molar-refractivity contribution is 7.85. The van der Waals surface area contributed by atoms with Crippen molar-refractivity contribution < 1.29 is 8.63 Å². The molecule has 0 aliphatic rings. The molecule has 1 aromatic carbocycles. The molecule has 3 nitrogen and oxygen atoms in total. The van der Waals surface area contributed by atoms with Crippen molar-refractivity contribution in [1.82, 2.24) is 0 Å². The molecule has 0 bridgehead atoms. The predicted molar refractivity (Wildman–Crippen MR) is 75.9 cm³/mol. The van der Waals surface area contributed by atoms with Gasteiger partial charge in [0.25, 0.3) is 0 Å². The maximum absolute atomic E-state index is 11.8. The van der Waals surface area contributed by atoms with E-state index in [-0.39, 0.29) is 6.04 Å². The third kappa shape index (κ3) is 3.21. The van der Waals surface area contributed by atoms with E-state index in [2.05, 4.69) is 6.92 Å². The summed E-state index contributed by atoms with van der Waals surface area (Å²) in [5, 5.41) is 1.04. The molecule has 4 heteroatoms. The third-order valence-electron chi connectivity index (χ3n) is 2.90. The average Bonchev–Trinajstić information content (AvgIpc) is 2.80. The van der Waals surface area contributed by atoms with Gasteiger partial charge < -0.3 is 10.2 Å². The van der Waals surface area contributed by atoms with E-state index in [0.717, 1.165) is 35.3 Å². The molecule has 2 N–H and O–H groups in total. The number of unbranched alkanes of at least 4 members (excludes halogenated alkanes) is 1. The van der Waals surface area contributed by atoms with Crippen LogP contribution in [0.4, 0.5) is 0 Å². The van der Waals surface area contributed by atoms with E-state index in [0.29, 0.717) is 5.75 Å². The van der Waals surface area contributed by atoms with Crippen molar-refractivity contribution >= 4 is 21.8 Å². The molecule has 0 amide bonds. The minimum absolute atomic E-state index is 0.282. The summed E-state index contributed by atoms with van der Waals surface area (Å²) in [6.07, 6.45) is 2.05. The summed E-state index contributed by atoms with van der Waals surface area (Å²) in [6.45, 7) is 2.09. The van der Waals surface area contributed by atoms with Crippen molar-refractivity contribution in [3.8, 4) is 0 Å². The van der Waals surface area contributed by atoms with Gasteiger partial charge >= 0.3 is 0 Å². The second-order valence-corrected chi connectivity index (χ2v) is 6.08. The molecule has 2 unspecified atom stereocenters. The summed E-state index contributed by atoms with van der Waals surface area (Å²) < 4.78 is 17.5. The smallest absolute Gasteiger partial charge is 0.134 e. The van der Waals surface area contributed by atoms with Crippen molar-refractivity contribution in [3.05, 3.63) is 36.1 Å². The molecule has 0 saturated heterocycles. The van der Waals surface area contributed by atoms with Crippen LogP contribution in [0.1, 0.15) is 31.6 Å². The lowest BCUT2D eigenvalue weighted by Gasteiger charge is -2.07. The summed E-state index contributed by atoms with van der Waals surface area (Å²) in [6, 6.07) is 9.46. The number of para-hydroxylation sites is 1. The standard InChI is InChI=1S/C14H19NO2S/c1-2-3-8-18(16)10-12(15)14-9-11-6-4-5-7-13(11)17-14/h4-7,9,12H,2-3,8,10,15H2,1H3. The van der Waals surface area contributed by atoms with Crippen LogP contribution in [-0.2, 0) is 10.8 Å². The topological polar surface area (TPSA) is 56.2 Å². The van der Waals surface area contributed by atoms with Crippen LogP contribution in [0.3, 0.4) is 0 Å². The Morgan fingerprint density at radius 2 is 2.17 bits per heavy atom. The van der Waals surface area contributed by atoms with Crippen LogP contribution in [-0.4, -0.2) is 15.7 Å². The van der Waals surface area contributed by atoms with Gasteiger partial charge in [0.1, 0.15) is 11.3 Å². The number of furan rings is 1. The van der Waals surface area contributed by atoms with Crippen LogP contribution in [0.5, 0.6) is 0 Å². The zero-order chi connectivity index (χ0) is 13.0. The Hall–Kier alpha value is -1.13. The van der Waals surface area contributed by atoms with Gasteiger partial charge in [-0.3, -0.25) is 4.21 Å². The first kappa shape index (κ1) is 13.3. The molecule has 0 aliphatic heterocycles. The number of nitrogens with two attached hydrogens (primary N) is 1. The molecular formula is C14H19NO2S. The van der Waals surface area contributed by atoms with Gasteiger partial charge in [-0.15, -0.1) is 0 Å². The van der Waals surface area contributed by atoms with Crippen LogP contribution in [0.2, 0.25) is 0 Å². The molecule has 2 rings (SSSR count). The fourth-order valence-corrected chi connectivity index (χ4v) is 3.20. The fourth-order valence-electron chi connectivity index (χ4n) is 1.86. The lowest BCUT2D eigenvalue weighted by atomic mass is 10.2.